The number of anilines is 1. The van der Waals surface area contributed by atoms with Crippen LogP contribution in [0.1, 0.15) is 41.0 Å². The minimum Gasteiger partial charge on any atom is -0.484 e. The fourth-order valence-electron chi connectivity index (χ4n) is 2.46. The van der Waals surface area contributed by atoms with Gasteiger partial charge in [0.1, 0.15) is 5.75 Å². The van der Waals surface area contributed by atoms with Crippen molar-refractivity contribution in [3.05, 3.63) is 59.7 Å². The lowest BCUT2D eigenvalue weighted by Gasteiger charge is -2.08. The smallest absolute Gasteiger partial charge is 0.338 e. The molecule has 8 heteroatoms. The molecule has 0 unspecified atom stereocenters. The number of hydrogen-bond acceptors (Lipinski definition) is 6. The molecule has 158 valence electrons. The normalized spacial score (nSPS) is 10.4. The second-order valence-corrected chi connectivity index (χ2v) is 7.00. The third-order valence-corrected chi connectivity index (χ3v) is 3.89. The predicted octanol–water partition coefficient (Wildman–Crippen LogP) is 2.58. The summed E-state index contributed by atoms with van der Waals surface area (Å²) < 4.78 is 10.2. The first-order chi connectivity index (χ1) is 14.2. The van der Waals surface area contributed by atoms with Crippen LogP contribution in [0.3, 0.4) is 0 Å². The molecule has 0 aliphatic carbocycles. The van der Waals surface area contributed by atoms with Gasteiger partial charge >= 0.3 is 5.97 Å². The minimum absolute atomic E-state index is 0.0935. The number of carbonyl (C=O) groups is 4. The van der Waals surface area contributed by atoms with Crippen LogP contribution in [0.15, 0.2) is 48.5 Å². The van der Waals surface area contributed by atoms with Gasteiger partial charge in [-0.1, -0.05) is 13.8 Å². The van der Waals surface area contributed by atoms with Crippen LogP contribution in [0, 0.1) is 5.92 Å². The lowest BCUT2D eigenvalue weighted by atomic mass is 10.1. The number of rotatable bonds is 10. The fourth-order valence-corrected chi connectivity index (χ4v) is 2.46. The second-order valence-electron chi connectivity index (χ2n) is 7.00. The molecule has 2 aromatic rings. The van der Waals surface area contributed by atoms with E-state index < -0.39 is 18.5 Å². The molecule has 0 atom stereocenters. The Morgan fingerprint density at radius 2 is 1.50 bits per heavy atom. The highest BCUT2D eigenvalue weighted by molar-refractivity contribution is 6.00. The van der Waals surface area contributed by atoms with Gasteiger partial charge in [0.15, 0.2) is 19.0 Å². The van der Waals surface area contributed by atoms with Crippen LogP contribution in [0.25, 0.3) is 0 Å². The summed E-state index contributed by atoms with van der Waals surface area (Å²) in [5.41, 5.74) is 6.18. The van der Waals surface area contributed by atoms with E-state index in [0.29, 0.717) is 23.4 Å². The van der Waals surface area contributed by atoms with E-state index in [9.17, 15) is 19.2 Å². The van der Waals surface area contributed by atoms with Crippen LogP contribution in [-0.2, 0) is 14.3 Å². The maximum absolute atomic E-state index is 12.2. The number of nitrogens with one attached hydrogen (secondary N) is 1. The lowest BCUT2D eigenvalue weighted by molar-refractivity contribution is -0.120. The van der Waals surface area contributed by atoms with Crippen molar-refractivity contribution < 1.29 is 28.7 Å². The van der Waals surface area contributed by atoms with Crippen molar-refractivity contribution >= 4 is 29.3 Å². The summed E-state index contributed by atoms with van der Waals surface area (Å²) >= 11 is 0. The zero-order valence-corrected chi connectivity index (χ0v) is 16.8. The first kappa shape index (κ1) is 22.6. The van der Waals surface area contributed by atoms with E-state index in [1.54, 1.807) is 24.3 Å². The molecular formula is C22H24N2O6. The molecule has 0 saturated heterocycles. The van der Waals surface area contributed by atoms with Crippen molar-refractivity contribution in [3.8, 4) is 5.75 Å². The highest BCUT2D eigenvalue weighted by atomic mass is 16.5. The summed E-state index contributed by atoms with van der Waals surface area (Å²) in [5, 5.41) is 2.76. The van der Waals surface area contributed by atoms with Crippen LogP contribution in [0.5, 0.6) is 5.75 Å². The molecule has 0 radical (unpaired) electrons. The van der Waals surface area contributed by atoms with Crippen LogP contribution < -0.4 is 15.8 Å². The molecule has 0 aromatic heterocycles. The summed E-state index contributed by atoms with van der Waals surface area (Å²) in [5.74, 6) is -1.11. The fraction of sp³-hybridized carbons (Fsp3) is 0.273. The van der Waals surface area contributed by atoms with E-state index in [2.05, 4.69) is 5.32 Å². The standard InChI is InChI=1S/C22H24N2O6/c1-14(2)11-21(27)24-17-7-3-15(4-8-17)19(25)12-30-22(28)16-5-9-18(10-6-16)29-13-20(23)26/h3-10,14H,11-13H2,1-2H3,(H2,23,26)(H,24,27). The summed E-state index contributed by atoms with van der Waals surface area (Å²) in [4.78, 5) is 46.8. The van der Waals surface area contributed by atoms with Gasteiger partial charge in [-0.15, -0.1) is 0 Å². The lowest BCUT2D eigenvalue weighted by Crippen LogP contribution is -2.20. The van der Waals surface area contributed by atoms with Crippen LogP contribution >= 0.6 is 0 Å². The van der Waals surface area contributed by atoms with Gasteiger partial charge in [0.05, 0.1) is 5.56 Å². The van der Waals surface area contributed by atoms with E-state index in [-0.39, 0.29) is 29.8 Å². The number of esters is 1. The number of carbonyl (C=O) groups excluding carboxylic acids is 4. The van der Waals surface area contributed by atoms with Crippen molar-refractivity contribution in [1.29, 1.82) is 0 Å². The maximum Gasteiger partial charge on any atom is 0.338 e. The van der Waals surface area contributed by atoms with Crippen molar-refractivity contribution in [1.82, 2.24) is 0 Å². The Balaban J connectivity index is 1.85. The summed E-state index contributed by atoms with van der Waals surface area (Å²) in [7, 11) is 0. The van der Waals surface area contributed by atoms with E-state index in [1.807, 2.05) is 13.8 Å². The molecule has 30 heavy (non-hydrogen) atoms. The van der Waals surface area contributed by atoms with Gasteiger partial charge in [0.2, 0.25) is 5.91 Å². The average Bonchev–Trinajstić information content (AvgIpc) is 2.70. The third kappa shape index (κ3) is 7.38. The van der Waals surface area contributed by atoms with Gasteiger partial charge in [-0.25, -0.2) is 4.79 Å². The number of nitrogens with two attached hydrogens (primary N) is 1. The molecule has 0 fully saturated rings. The highest BCUT2D eigenvalue weighted by Gasteiger charge is 2.13. The number of hydrogen-bond donors (Lipinski definition) is 2. The van der Waals surface area contributed by atoms with Crippen LogP contribution in [0.2, 0.25) is 0 Å². The van der Waals surface area contributed by atoms with E-state index in [0.717, 1.165) is 0 Å². The predicted molar refractivity (Wildman–Crippen MR) is 110 cm³/mol. The Bertz CT molecular complexity index is 904. The highest BCUT2D eigenvalue weighted by Crippen LogP contribution is 2.14. The van der Waals surface area contributed by atoms with E-state index in [1.165, 1.54) is 24.3 Å². The molecule has 0 aliphatic rings. The minimum atomic E-state index is -0.664. The molecule has 0 spiro atoms. The second kappa shape index (κ2) is 10.8. The van der Waals surface area contributed by atoms with Crippen LogP contribution in [0.4, 0.5) is 5.69 Å². The summed E-state index contributed by atoms with van der Waals surface area (Å²) in [6.07, 6.45) is 0.412. The van der Waals surface area contributed by atoms with Gasteiger partial charge in [-0.05, 0) is 54.4 Å². The molecular weight excluding hydrogens is 388 g/mol. The van der Waals surface area contributed by atoms with Gasteiger partial charge in [0.25, 0.3) is 5.91 Å². The van der Waals surface area contributed by atoms with Crippen molar-refractivity contribution in [2.45, 2.75) is 20.3 Å². The number of ketones is 1. The molecule has 3 N–H and O–H groups in total. The van der Waals surface area contributed by atoms with Gasteiger partial charge in [-0.3, -0.25) is 14.4 Å². The molecule has 8 nitrogen and oxygen atoms in total. The number of ether oxygens (including phenoxy) is 2. The Hall–Kier alpha value is -3.68. The zero-order valence-electron chi connectivity index (χ0n) is 16.8. The topological polar surface area (TPSA) is 125 Å². The average molecular weight is 412 g/mol. The Morgan fingerprint density at radius 1 is 0.900 bits per heavy atom. The monoisotopic (exact) mass is 412 g/mol. The number of benzene rings is 2. The summed E-state index contributed by atoms with van der Waals surface area (Å²) in [6, 6.07) is 12.3. The molecule has 2 rings (SSSR count). The Labute approximate surface area is 174 Å². The first-order valence-electron chi connectivity index (χ1n) is 9.36. The number of primary amides is 1. The van der Waals surface area contributed by atoms with E-state index >= 15 is 0 Å². The van der Waals surface area contributed by atoms with Crippen molar-refractivity contribution in [3.63, 3.8) is 0 Å². The molecule has 0 bridgehead atoms. The first-order valence-corrected chi connectivity index (χ1v) is 9.36. The largest absolute Gasteiger partial charge is 0.484 e. The molecule has 0 saturated carbocycles. The van der Waals surface area contributed by atoms with Crippen molar-refractivity contribution in [2.75, 3.05) is 18.5 Å². The molecule has 0 aliphatic heterocycles. The molecule has 0 heterocycles. The maximum atomic E-state index is 12.2. The quantitative estimate of drug-likeness (QED) is 0.456. The van der Waals surface area contributed by atoms with Crippen molar-refractivity contribution in [2.24, 2.45) is 11.7 Å². The number of amides is 2. The number of Topliss-reactive ketones (excluding diaryl/α,β-unsaturated/α-hetero) is 1. The Morgan fingerprint density at radius 3 is 2.07 bits per heavy atom. The SMILES string of the molecule is CC(C)CC(=O)Nc1ccc(C(=O)COC(=O)c2ccc(OCC(N)=O)cc2)cc1. The van der Waals surface area contributed by atoms with E-state index in [4.69, 9.17) is 15.2 Å². The molecule has 2 amide bonds. The zero-order chi connectivity index (χ0) is 22.1. The summed E-state index contributed by atoms with van der Waals surface area (Å²) in [6.45, 7) is 3.22. The van der Waals surface area contributed by atoms with Gasteiger partial charge in [-0.2, -0.15) is 0 Å². The Kier molecular flexibility index (Phi) is 8.10. The van der Waals surface area contributed by atoms with Gasteiger partial charge in [0, 0.05) is 17.7 Å². The van der Waals surface area contributed by atoms with Crippen LogP contribution in [-0.4, -0.2) is 36.8 Å². The van der Waals surface area contributed by atoms with Gasteiger partial charge < -0.3 is 20.5 Å². The third-order valence-electron chi connectivity index (χ3n) is 3.89. The molecule has 2 aromatic carbocycles.